The van der Waals surface area contributed by atoms with Crippen LogP contribution in [0.1, 0.15) is 31.3 Å². The smallest absolute Gasteiger partial charge is 0.371 e. The van der Waals surface area contributed by atoms with Crippen LogP contribution in [-0.4, -0.2) is 29.6 Å². The molecule has 1 aromatic heterocycles. The zero-order chi connectivity index (χ0) is 13.7. The van der Waals surface area contributed by atoms with Crippen LogP contribution in [0.15, 0.2) is 16.5 Å². The minimum absolute atomic E-state index is 0.156. The van der Waals surface area contributed by atoms with Gasteiger partial charge in [0.15, 0.2) is 5.88 Å². The fourth-order valence-corrected chi connectivity index (χ4v) is 1.27. The number of carbonyl (C=O) groups is 2. The number of furan rings is 1. The highest BCUT2D eigenvalue weighted by Gasteiger charge is 2.15. The number of carboxylic acid groups (broad SMARTS) is 1. The maximum absolute atomic E-state index is 11.7. The molecule has 0 aliphatic carbocycles. The van der Waals surface area contributed by atoms with Gasteiger partial charge in [0.25, 0.3) is 0 Å². The van der Waals surface area contributed by atoms with Gasteiger partial charge < -0.3 is 20.2 Å². The quantitative estimate of drug-likeness (QED) is 0.716. The Morgan fingerprint density at radius 3 is 2.50 bits per heavy atom. The molecular weight excluding hydrogens is 236 g/mol. The lowest BCUT2D eigenvalue weighted by atomic mass is 10.2. The number of hydrogen-bond acceptors (Lipinski definition) is 4. The maximum Gasteiger partial charge on any atom is 0.371 e. The van der Waals surface area contributed by atoms with Crippen LogP contribution in [0, 0.1) is 5.92 Å². The molecule has 0 saturated heterocycles. The Morgan fingerprint density at radius 2 is 2.00 bits per heavy atom. The Hall–Kier alpha value is -1.98. The molecule has 1 aromatic rings. The predicted molar refractivity (Wildman–Crippen MR) is 66.6 cm³/mol. The maximum atomic E-state index is 11.7. The molecule has 6 heteroatoms. The second-order valence-corrected chi connectivity index (χ2v) is 4.47. The van der Waals surface area contributed by atoms with Crippen molar-refractivity contribution in [2.24, 2.45) is 5.92 Å². The number of carboxylic acids is 1. The number of carbonyl (C=O) groups excluding carboxylic acids is 1. The van der Waals surface area contributed by atoms with E-state index in [-0.39, 0.29) is 17.6 Å². The van der Waals surface area contributed by atoms with Crippen LogP contribution < -0.4 is 10.6 Å². The number of amides is 1. The summed E-state index contributed by atoms with van der Waals surface area (Å²) in [7, 11) is 0. The van der Waals surface area contributed by atoms with Crippen molar-refractivity contribution in [2.75, 3.05) is 11.9 Å². The molecule has 0 aliphatic rings. The van der Waals surface area contributed by atoms with E-state index in [4.69, 9.17) is 9.52 Å². The Bertz CT molecular complexity index is 425. The lowest BCUT2D eigenvalue weighted by molar-refractivity contribution is -0.121. The van der Waals surface area contributed by atoms with Crippen molar-refractivity contribution in [1.29, 1.82) is 0 Å². The normalized spacial score (nSPS) is 12.2. The van der Waals surface area contributed by atoms with E-state index < -0.39 is 12.0 Å². The third kappa shape index (κ3) is 4.12. The highest BCUT2D eigenvalue weighted by Crippen LogP contribution is 2.14. The van der Waals surface area contributed by atoms with Crippen LogP contribution in [0.2, 0.25) is 0 Å². The summed E-state index contributed by atoms with van der Waals surface area (Å²) in [5.74, 6) is -0.813. The van der Waals surface area contributed by atoms with Gasteiger partial charge in [-0.3, -0.25) is 4.79 Å². The molecule has 0 radical (unpaired) electrons. The van der Waals surface area contributed by atoms with Crippen LogP contribution in [0.25, 0.3) is 0 Å². The molecule has 0 bridgehead atoms. The van der Waals surface area contributed by atoms with Gasteiger partial charge in [0, 0.05) is 12.6 Å². The summed E-state index contributed by atoms with van der Waals surface area (Å²) in [6, 6.07) is 2.33. The first kappa shape index (κ1) is 14.1. The van der Waals surface area contributed by atoms with Gasteiger partial charge in [-0.2, -0.15) is 0 Å². The van der Waals surface area contributed by atoms with Crippen LogP contribution in [0.4, 0.5) is 5.88 Å². The molecule has 1 heterocycles. The van der Waals surface area contributed by atoms with Crippen LogP contribution in [0.5, 0.6) is 0 Å². The summed E-state index contributed by atoms with van der Waals surface area (Å²) in [4.78, 5) is 22.3. The third-order valence-electron chi connectivity index (χ3n) is 2.25. The highest BCUT2D eigenvalue weighted by molar-refractivity contribution is 5.86. The molecular formula is C12H18N2O4. The fraction of sp³-hybridized carbons (Fsp3) is 0.500. The fourth-order valence-electron chi connectivity index (χ4n) is 1.27. The summed E-state index contributed by atoms with van der Waals surface area (Å²) in [6.07, 6.45) is 0. The lowest BCUT2D eigenvalue weighted by Crippen LogP contribution is -2.39. The molecule has 18 heavy (non-hydrogen) atoms. The van der Waals surface area contributed by atoms with Gasteiger partial charge in [-0.05, 0) is 18.9 Å². The molecule has 0 fully saturated rings. The molecule has 1 atom stereocenters. The largest absolute Gasteiger partial charge is 0.475 e. The Labute approximate surface area is 105 Å². The monoisotopic (exact) mass is 254 g/mol. The van der Waals surface area contributed by atoms with E-state index in [1.165, 1.54) is 12.1 Å². The summed E-state index contributed by atoms with van der Waals surface area (Å²) in [5, 5.41) is 14.3. The second-order valence-electron chi connectivity index (χ2n) is 4.47. The molecule has 0 saturated carbocycles. The molecule has 100 valence electrons. The SMILES string of the molecule is CC(C)CNC(=O)C(C)Nc1ccc(C(=O)O)o1. The summed E-state index contributed by atoms with van der Waals surface area (Å²) in [5.41, 5.74) is 0. The second kappa shape index (κ2) is 6.09. The van der Waals surface area contributed by atoms with E-state index in [0.717, 1.165) is 0 Å². The van der Waals surface area contributed by atoms with Gasteiger partial charge >= 0.3 is 5.97 Å². The average Bonchev–Trinajstić information content (AvgIpc) is 2.74. The molecule has 3 N–H and O–H groups in total. The van der Waals surface area contributed by atoms with Crippen molar-refractivity contribution >= 4 is 17.8 Å². The topological polar surface area (TPSA) is 91.6 Å². The van der Waals surface area contributed by atoms with Crippen molar-refractivity contribution in [2.45, 2.75) is 26.8 Å². The molecule has 1 amide bonds. The van der Waals surface area contributed by atoms with E-state index >= 15 is 0 Å². The van der Waals surface area contributed by atoms with Crippen LogP contribution >= 0.6 is 0 Å². The van der Waals surface area contributed by atoms with Gasteiger partial charge in [-0.15, -0.1) is 0 Å². The van der Waals surface area contributed by atoms with Crippen molar-refractivity contribution < 1.29 is 19.1 Å². The Morgan fingerprint density at radius 1 is 1.33 bits per heavy atom. The van der Waals surface area contributed by atoms with Crippen molar-refractivity contribution in [3.8, 4) is 0 Å². The van der Waals surface area contributed by atoms with Crippen molar-refractivity contribution in [1.82, 2.24) is 5.32 Å². The molecule has 0 aromatic carbocycles. The van der Waals surface area contributed by atoms with Crippen LogP contribution in [-0.2, 0) is 4.79 Å². The number of hydrogen-bond donors (Lipinski definition) is 3. The van der Waals surface area contributed by atoms with Crippen molar-refractivity contribution in [3.63, 3.8) is 0 Å². The van der Waals surface area contributed by atoms with Crippen LogP contribution in [0.3, 0.4) is 0 Å². The van der Waals surface area contributed by atoms with Gasteiger partial charge in [-0.25, -0.2) is 4.79 Å². The molecule has 1 rings (SSSR count). The summed E-state index contributed by atoms with van der Waals surface area (Å²) < 4.78 is 5.00. The summed E-state index contributed by atoms with van der Waals surface area (Å²) in [6.45, 7) is 6.29. The van der Waals surface area contributed by atoms with Gasteiger partial charge in [0.1, 0.15) is 6.04 Å². The predicted octanol–water partition coefficient (Wildman–Crippen LogP) is 1.55. The van der Waals surface area contributed by atoms with E-state index in [1.54, 1.807) is 6.92 Å². The van der Waals surface area contributed by atoms with Gasteiger partial charge in [-0.1, -0.05) is 13.8 Å². The average molecular weight is 254 g/mol. The number of anilines is 1. The highest BCUT2D eigenvalue weighted by atomic mass is 16.4. The number of aromatic carboxylic acids is 1. The first-order valence-electron chi connectivity index (χ1n) is 5.77. The van der Waals surface area contributed by atoms with E-state index in [9.17, 15) is 9.59 Å². The summed E-state index contributed by atoms with van der Waals surface area (Å²) >= 11 is 0. The Kier molecular flexibility index (Phi) is 4.76. The number of rotatable bonds is 6. The minimum Gasteiger partial charge on any atom is -0.475 e. The van der Waals surface area contributed by atoms with E-state index in [2.05, 4.69) is 10.6 Å². The molecule has 0 spiro atoms. The minimum atomic E-state index is -1.14. The third-order valence-corrected chi connectivity index (χ3v) is 2.25. The van der Waals surface area contributed by atoms with Gasteiger partial charge in [0.05, 0.1) is 0 Å². The number of nitrogens with one attached hydrogen (secondary N) is 2. The first-order valence-corrected chi connectivity index (χ1v) is 5.77. The van der Waals surface area contributed by atoms with Crippen molar-refractivity contribution in [3.05, 3.63) is 17.9 Å². The Balaban J connectivity index is 2.50. The standard InChI is InChI=1S/C12H18N2O4/c1-7(2)6-13-11(15)8(3)14-10-5-4-9(18-10)12(16)17/h4-5,7-8,14H,6H2,1-3H3,(H,13,15)(H,16,17). The molecule has 6 nitrogen and oxygen atoms in total. The first-order chi connectivity index (χ1) is 8.40. The van der Waals surface area contributed by atoms with E-state index in [0.29, 0.717) is 12.5 Å². The molecule has 0 aliphatic heterocycles. The molecule has 1 unspecified atom stereocenters. The lowest BCUT2D eigenvalue weighted by Gasteiger charge is -2.14. The zero-order valence-corrected chi connectivity index (χ0v) is 10.7. The van der Waals surface area contributed by atoms with E-state index in [1.807, 2.05) is 13.8 Å². The zero-order valence-electron chi connectivity index (χ0n) is 10.7. The van der Waals surface area contributed by atoms with Gasteiger partial charge in [0.2, 0.25) is 11.7 Å².